The molecule has 0 amide bonds. The standard InChI is InChI=1S/C14H18N4O2S/c1-10-7-12(14(2,3)4)16-8-11(10)21(19,20)18-13-5-6-15-9-17-13/h5-9H,1-4H3,(H,15,17,18). The molecule has 2 aromatic rings. The normalized spacial score (nSPS) is 12.2. The highest BCUT2D eigenvalue weighted by Crippen LogP contribution is 2.24. The molecule has 0 saturated carbocycles. The molecule has 2 heterocycles. The van der Waals surface area contributed by atoms with E-state index in [-0.39, 0.29) is 16.1 Å². The number of hydrogen-bond donors (Lipinski definition) is 1. The van der Waals surface area contributed by atoms with Crippen LogP contribution in [0.2, 0.25) is 0 Å². The Kier molecular flexibility index (Phi) is 3.95. The SMILES string of the molecule is Cc1cc(C(C)(C)C)ncc1S(=O)(=O)Nc1ccncn1. The molecule has 2 rings (SSSR count). The molecular weight excluding hydrogens is 288 g/mol. The second-order valence-electron chi connectivity index (χ2n) is 5.79. The van der Waals surface area contributed by atoms with Gasteiger partial charge in [0.2, 0.25) is 0 Å². The summed E-state index contributed by atoms with van der Waals surface area (Å²) >= 11 is 0. The number of rotatable bonds is 3. The van der Waals surface area contributed by atoms with Crippen molar-refractivity contribution in [3.63, 3.8) is 0 Å². The quantitative estimate of drug-likeness (QED) is 0.940. The maximum Gasteiger partial charge on any atom is 0.264 e. The summed E-state index contributed by atoms with van der Waals surface area (Å²) in [7, 11) is -3.71. The molecule has 0 saturated heterocycles. The van der Waals surface area contributed by atoms with E-state index < -0.39 is 10.0 Å². The number of aromatic nitrogens is 3. The van der Waals surface area contributed by atoms with Gasteiger partial charge in [-0.2, -0.15) is 0 Å². The highest BCUT2D eigenvalue weighted by Gasteiger charge is 2.22. The molecule has 0 aliphatic heterocycles. The highest BCUT2D eigenvalue weighted by molar-refractivity contribution is 7.92. The van der Waals surface area contributed by atoms with Crippen molar-refractivity contribution in [2.45, 2.75) is 38.0 Å². The summed E-state index contributed by atoms with van der Waals surface area (Å²) in [6, 6.07) is 3.29. The molecule has 112 valence electrons. The number of sulfonamides is 1. The van der Waals surface area contributed by atoms with Crippen LogP contribution in [0.1, 0.15) is 32.0 Å². The summed E-state index contributed by atoms with van der Waals surface area (Å²) < 4.78 is 27.2. The number of anilines is 1. The van der Waals surface area contributed by atoms with Gasteiger partial charge in [0.25, 0.3) is 10.0 Å². The van der Waals surface area contributed by atoms with E-state index in [1.54, 1.807) is 13.0 Å². The van der Waals surface area contributed by atoms with E-state index in [1.807, 2.05) is 20.8 Å². The molecule has 0 atom stereocenters. The van der Waals surface area contributed by atoms with Gasteiger partial charge in [-0.25, -0.2) is 18.4 Å². The van der Waals surface area contributed by atoms with Gasteiger partial charge in [0.1, 0.15) is 17.0 Å². The van der Waals surface area contributed by atoms with E-state index in [2.05, 4.69) is 19.7 Å². The number of nitrogens with zero attached hydrogens (tertiary/aromatic N) is 3. The smallest absolute Gasteiger partial charge is 0.263 e. The second-order valence-corrected chi connectivity index (χ2v) is 7.44. The minimum atomic E-state index is -3.71. The predicted octanol–water partition coefficient (Wildman–Crippen LogP) is 2.28. The van der Waals surface area contributed by atoms with E-state index in [1.165, 1.54) is 24.8 Å². The van der Waals surface area contributed by atoms with E-state index in [4.69, 9.17) is 0 Å². The summed E-state index contributed by atoms with van der Waals surface area (Å²) in [5, 5.41) is 0. The van der Waals surface area contributed by atoms with E-state index in [0.29, 0.717) is 5.56 Å². The monoisotopic (exact) mass is 306 g/mol. The van der Waals surface area contributed by atoms with Crippen LogP contribution in [0.15, 0.2) is 35.7 Å². The van der Waals surface area contributed by atoms with Crippen molar-refractivity contribution in [2.24, 2.45) is 0 Å². The minimum Gasteiger partial charge on any atom is -0.263 e. The van der Waals surface area contributed by atoms with Crippen molar-refractivity contribution in [3.05, 3.63) is 42.1 Å². The lowest BCUT2D eigenvalue weighted by Crippen LogP contribution is -2.18. The first-order valence-electron chi connectivity index (χ1n) is 6.46. The third-order valence-corrected chi connectivity index (χ3v) is 4.43. The average molecular weight is 306 g/mol. The van der Waals surface area contributed by atoms with Crippen LogP contribution in [0, 0.1) is 6.92 Å². The molecule has 0 unspecified atom stereocenters. The van der Waals surface area contributed by atoms with Gasteiger partial charge in [0, 0.05) is 23.5 Å². The lowest BCUT2D eigenvalue weighted by molar-refractivity contribution is 0.564. The van der Waals surface area contributed by atoms with Crippen molar-refractivity contribution < 1.29 is 8.42 Å². The molecule has 0 fully saturated rings. The second kappa shape index (κ2) is 5.40. The number of nitrogens with one attached hydrogen (secondary N) is 1. The first kappa shape index (κ1) is 15.4. The Bertz CT molecular complexity index is 737. The molecule has 0 radical (unpaired) electrons. The Hall–Kier alpha value is -2.02. The highest BCUT2D eigenvalue weighted by atomic mass is 32.2. The summed E-state index contributed by atoms with van der Waals surface area (Å²) in [5.41, 5.74) is 1.37. The molecular formula is C14H18N4O2S. The topological polar surface area (TPSA) is 84.8 Å². The van der Waals surface area contributed by atoms with Crippen molar-refractivity contribution in [1.82, 2.24) is 15.0 Å². The lowest BCUT2D eigenvalue weighted by Gasteiger charge is -2.19. The lowest BCUT2D eigenvalue weighted by atomic mass is 9.91. The molecule has 0 aliphatic rings. The average Bonchev–Trinajstić information content (AvgIpc) is 2.37. The summed E-state index contributed by atoms with van der Waals surface area (Å²) in [6.07, 6.45) is 4.14. The maximum absolute atomic E-state index is 12.4. The third-order valence-electron chi connectivity index (χ3n) is 2.94. The molecule has 6 nitrogen and oxygen atoms in total. The van der Waals surface area contributed by atoms with Crippen molar-refractivity contribution in [3.8, 4) is 0 Å². The maximum atomic E-state index is 12.4. The van der Waals surface area contributed by atoms with Crippen LogP contribution in [-0.4, -0.2) is 23.4 Å². The molecule has 7 heteroatoms. The fourth-order valence-corrected chi connectivity index (χ4v) is 2.96. The molecule has 0 spiro atoms. The Balaban J connectivity index is 2.37. The predicted molar refractivity (Wildman–Crippen MR) is 80.5 cm³/mol. The molecule has 1 N–H and O–H groups in total. The van der Waals surface area contributed by atoms with Crippen LogP contribution in [0.4, 0.5) is 5.82 Å². The van der Waals surface area contributed by atoms with Crippen molar-refractivity contribution in [1.29, 1.82) is 0 Å². The van der Waals surface area contributed by atoms with Gasteiger partial charge in [-0.1, -0.05) is 20.8 Å². The van der Waals surface area contributed by atoms with Gasteiger partial charge < -0.3 is 0 Å². The van der Waals surface area contributed by atoms with Gasteiger partial charge in [-0.3, -0.25) is 9.71 Å². The molecule has 21 heavy (non-hydrogen) atoms. The molecule has 2 aromatic heterocycles. The van der Waals surface area contributed by atoms with Crippen molar-refractivity contribution >= 4 is 15.8 Å². The van der Waals surface area contributed by atoms with Gasteiger partial charge in [-0.15, -0.1) is 0 Å². The third kappa shape index (κ3) is 3.55. The van der Waals surface area contributed by atoms with Gasteiger partial charge >= 0.3 is 0 Å². The van der Waals surface area contributed by atoms with Crippen LogP contribution >= 0.6 is 0 Å². The Labute approximate surface area is 124 Å². The van der Waals surface area contributed by atoms with Gasteiger partial charge in [-0.05, 0) is 24.6 Å². The number of aryl methyl sites for hydroxylation is 1. The van der Waals surface area contributed by atoms with E-state index >= 15 is 0 Å². The van der Waals surface area contributed by atoms with Gasteiger partial charge in [0.05, 0.1) is 0 Å². The van der Waals surface area contributed by atoms with Crippen LogP contribution in [0.3, 0.4) is 0 Å². The first-order chi connectivity index (χ1) is 9.70. The first-order valence-corrected chi connectivity index (χ1v) is 7.94. The number of hydrogen-bond acceptors (Lipinski definition) is 5. The van der Waals surface area contributed by atoms with Crippen LogP contribution in [0.5, 0.6) is 0 Å². The molecule has 0 aliphatic carbocycles. The Morgan fingerprint density at radius 1 is 1.19 bits per heavy atom. The fourth-order valence-electron chi connectivity index (χ4n) is 1.78. The summed E-state index contributed by atoms with van der Waals surface area (Å²) in [5.74, 6) is 0.226. The largest absolute Gasteiger partial charge is 0.264 e. The zero-order valence-electron chi connectivity index (χ0n) is 12.5. The minimum absolute atomic E-state index is 0.132. The Morgan fingerprint density at radius 3 is 2.43 bits per heavy atom. The molecule has 0 bridgehead atoms. The number of pyridine rings is 1. The Morgan fingerprint density at radius 2 is 1.90 bits per heavy atom. The zero-order chi connectivity index (χ0) is 15.7. The zero-order valence-corrected chi connectivity index (χ0v) is 13.3. The van der Waals surface area contributed by atoms with E-state index in [0.717, 1.165) is 5.69 Å². The fraction of sp³-hybridized carbons (Fsp3) is 0.357. The molecule has 0 aromatic carbocycles. The van der Waals surface area contributed by atoms with Crippen LogP contribution in [-0.2, 0) is 15.4 Å². The summed E-state index contributed by atoms with van der Waals surface area (Å²) in [6.45, 7) is 7.84. The van der Waals surface area contributed by atoms with E-state index in [9.17, 15) is 8.42 Å². The van der Waals surface area contributed by atoms with Gasteiger partial charge in [0.15, 0.2) is 0 Å². The van der Waals surface area contributed by atoms with Crippen LogP contribution < -0.4 is 4.72 Å². The van der Waals surface area contributed by atoms with Crippen LogP contribution in [0.25, 0.3) is 0 Å². The summed E-state index contributed by atoms with van der Waals surface area (Å²) in [4.78, 5) is 12.0. The van der Waals surface area contributed by atoms with Crippen molar-refractivity contribution in [2.75, 3.05) is 4.72 Å².